The number of pyridine rings is 1. The van der Waals surface area contributed by atoms with Gasteiger partial charge in [-0.25, -0.2) is 4.39 Å². The van der Waals surface area contributed by atoms with E-state index in [1.165, 1.54) is 11.0 Å². The predicted octanol–water partition coefficient (Wildman–Crippen LogP) is 2.20. The molecule has 2 amide bonds. The van der Waals surface area contributed by atoms with Crippen LogP contribution in [-0.2, 0) is 16.1 Å². The molecule has 1 aliphatic heterocycles. The Morgan fingerprint density at radius 2 is 2.17 bits per heavy atom. The number of carbonyl (C=O) groups excluding carboxylic acids is 2. The molecule has 0 bridgehead atoms. The van der Waals surface area contributed by atoms with Crippen molar-refractivity contribution in [3.8, 4) is 0 Å². The Morgan fingerprint density at radius 3 is 2.92 bits per heavy atom. The van der Waals surface area contributed by atoms with Gasteiger partial charge in [0, 0.05) is 31.9 Å². The van der Waals surface area contributed by atoms with Crippen molar-refractivity contribution >= 4 is 17.5 Å². The lowest BCUT2D eigenvalue weighted by molar-refractivity contribution is -0.126. The maximum absolute atomic E-state index is 13.9. The number of aromatic nitrogens is 1. The molecule has 1 fully saturated rings. The number of amides is 2. The van der Waals surface area contributed by atoms with Crippen molar-refractivity contribution in [3.63, 3.8) is 0 Å². The van der Waals surface area contributed by atoms with Gasteiger partial charge >= 0.3 is 0 Å². The summed E-state index contributed by atoms with van der Waals surface area (Å²) in [5.41, 5.74) is 2.20. The number of benzene rings is 1. The zero-order chi connectivity index (χ0) is 17.1. The monoisotopic (exact) mass is 327 g/mol. The highest BCUT2D eigenvalue weighted by molar-refractivity contribution is 6.00. The summed E-state index contributed by atoms with van der Waals surface area (Å²) in [6.07, 6.45) is 3.50. The first-order valence-corrected chi connectivity index (χ1v) is 7.78. The summed E-state index contributed by atoms with van der Waals surface area (Å²) in [6.45, 7) is 2.51. The van der Waals surface area contributed by atoms with Crippen LogP contribution >= 0.6 is 0 Å². The van der Waals surface area contributed by atoms with Crippen molar-refractivity contribution in [1.82, 2.24) is 10.3 Å². The van der Waals surface area contributed by atoms with Crippen LogP contribution in [0.2, 0.25) is 0 Å². The molecule has 1 N–H and O–H groups in total. The van der Waals surface area contributed by atoms with Gasteiger partial charge in [-0.2, -0.15) is 0 Å². The van der Waals surface area contributed by atoms with Crippen LogP contribution in [0.25, 0.3) is 0 Å². The van der Waals surface area contributed by atoms with Gasteiger partial charge in [-0.1, -0.05) is 12.1 Å². The first-order chi connectivity index (χ1) is 11.6. The van der Waals surface area contributed by atoms with E-state index in [0.29, 0.717) is 6.54 Å². The maximum atomic E-state index is 13.9. The molecule has 3 rings (SSSR count). The number of carbonyl (C=O) groups is 2. The summed E-state index contributed by atoms with van der Waals surface area (Å²) in [5, 5.41) is 2.85. The van der Waals surface area contributed by atoms with Gasteiger partial charge in [-0.3, -0.25) is 14.6 Å². The van der Waals surface area contributed by atoms with E-state index in [4.69, 9.17) is 0 Å². The first-order valence-electron chi connectivity index (χ1n) is 7.78. The largest absolute Gasteiger partial charge is 0.352 e. The number of para-hydroxylation sites is 1. The molecule has 1 saturated heterocycles. The third-order valence-electron chi connectivity index (χ3n) is 4.23. The van der Waals surface area contributed by atoms with Crippen molar-refractivity contribution in [2.75, 3.05) is 11.4 Å². The highest BCUT2D eigenvalue weighted by Gasteiger charge is 2.35. The summed E-state index contributed by atoms with van der Waals surface area (Å²) >= 11 is 0. The number of aryl methyl sites for hydroxylation is 1. The molecular weight excluding hydrogens is 309 g/mol. The van der Waals surface area contributed by atoms with Gasteiger partial charge in [0.1, 0.15) is 5.82 Å². The molecule has 2 aromatic rings. The lowest BCUT2D eigenvalue weighted by Gasteiger charge is -2.17. The highest BCUT2D eigenvalue weighted by atomic mass is 19.1. The first kappa shape index (κ1) is 16.1. The summed E-state index contributed by atoms with van der Waals surface area (Å²) in [5.74, 6) is -1.36. The summed E-state index contributed by atoms with van der Waals surface area (Å²) in [4.78, 5) is 29.8. The van der Waals surface area contributed by atoms with Crippen LogP contribution < -0.4 is 10.2 Å². The molecule has 1 atom stereocenters. The Balaban J connectivity index is 1.64. The van der Waals surface area contributed by atoms with Crippen LogP contribution in [0.3, 0.4) is 0 Å². The Morgan fingerprint density at radius 1 is 1.38 bits per heavy atom. The lowest BCUT2D eigenvalue weighted by Crippen LogP contribution is -2.33. The minimum Gasteiger partial charge on any atom is -0.352 e. The Kier molecular flexibility index (Phi) is 4.55. The number of nitrogens with one attached hydrogen (secondary N) is 1. The Bertz CT molecular complexity index is 778. The van der Waals surface area contributed by atoms with Crippen molar-refractivity contribution in [2.24, 2.45) is 5.92 Å². The van der Waals surface area contributed by atoms with Gasteiger partial charge in [0.15, 0.2) is 0 Å². The van der Waals surface area contributed by atoms with Crippen molar-refractivity contribution in [1.29, 1.82) is 0 Å². The van der Waals surface area contributed by atoms with Gasteiger partial charge < -0.3 is 10.2 Å². The smallest absolute Gasteiger partial charge is 0.227 e. The predicted molar refractivity (Wildman–Crippen MR) is 87.7 cm³/mol. The molecule has 2 heterocycles. The minimum absolute atomic E-state index is 0.0928. The fraction of sp³-hybridized carbons (Fsp3) is 0.278. The molecule has 0 saturated carbocycles. The molecule has 1 aliphatic rings. The second kappa shape index (κ2) is 6.78. The molecule has 24 heavy (non-hydrogen) atoms. The van der Waals surface area contributed by atoms with Gasteiger partial charge in [-0.15, -0.1) is 0 Å². The lowest BCUT2D eigenvalue weighted by atomic mass is 10.1. The number of anilines is 1. The van der Waals surface area contributed by atoms with Gasteiger partial charge in [0.25, 0.3) is 0 Å². The normalized spacial score (nSPS) is 17.2. The van der Waals surface area contributed by atoms with E-state index in [9.17, 15) is 14.0 Å². The van der Waals surface area contributed by atoms with E-state index < -0.39 is 11.7 Å². The van der Waals surface area contributed by atoms with Crippen LogP contribution in [0, 0.1) is 18.7 Å². The standard InChI is InChI=1S/C18H18FN3O2/c1-12-9-20-7-6-13(12)10-21-18(24)14-8-17(23)22(11-14)16-5-3-2-4-15(16)19/h2-7,9,14H,8,10-11H2,1H3,(H,21,24). The molecule has 5 nitrogen and oxygen atoms in total. The van der Waals surface area contributed by atoms with E-state index in [1.54, 1.807) is 30.6 Å². The van der Waals surface area contributed by atoms with E-state index in [-0.39, 0.29) is 30.5 Å². The summed E-state index contributed by atoms with van der Waals surface area (Å²) < 4.78 is 13.9. The fourth-order valence-electron chi connectivity index (χ4n) is 2.81. The highest BCUT2D eigenvalue weighted by Crippen LogP contribution is 2.27. The SMILES string of the molecule is Cc1cnccc1CNC(=O)C1CC(=O)N(c2ccccc2F)C1. The summed E-state index contributed by atoms with van der Waals surface area (Å²) in [6, 6.07) is 7.95. The van der Waals surface area contributed by atoms with Gasteiger partial charge in [0.2, 0.25) is 11.8 Å². The molecule has 6 heteroatoms. The number of rotatable bonds is 4. The molecule has 1 aromatic carbocycles. The average molecular weight is 327 g/mol. The van der Waals surface area contributed by atoms with Gasteiger partial charge in [-0.05, 0) is 36.2 Å². The number of hydrogen-bond acceptors (Lipinski definition) is 3. The molecule has 1 aromatic heterocycles. The van der Waals surface area contributed by atoms with Gasteiger partial charge in [0.05, 0.1) is 11.6 Å². The second-order valence-electron chi connectivity index (χ2n) is 5.88. The van der Waals surface area contributed by atoms with Crippen molar-refractivity contribution < 1.29 is 14.0 Å². The molecule has 0 spiro atoms. The van der Waals surface area contributed by atoms with E-state index in [0.717, 1.165) is 11.1 Å². The fourth-order valence-corrected chi connectivity index (χ4v) is 2.81. The topological polar surface area (TPSA) is 62.3 Å². The zero-order valence-corrected chi connectivity index (χ0v) is 13.3. The molecular formula is C18H18FN3O2. The zero-order valence-electron chi connectivity index (χ0n) is 13.3. The second-order valence-corrected chi connectivity index (χ2v) is 5.88. The van der Waals surface area contributed by atoms with Crippen molar-refractivity contribution in [3.05, 3.63) is 59.7 Å². The number of nitrogens with zero attached hydrogens (tertiary/aromatic N) is 2. The Hall–Kier alpha value is -2.76. The van der Waals surface area contributed by atoms with Crippen LogP contribution in [0.15, 0.2) is 42.7 Å². The quantitative estimate of drug-likeness (QED) is 0.936. The molecule has 0 radical (unpaired) electrons. The molecule has 0 aliphatic carbocycles. The average Bonchev–Trinajstić information content (AvgIpc) is 2.96. The number of halogens is 1. The van der Waals surface area contributed by atoms with Crippen LogP contribution in [0.5, 0.6) is 0 Å². The Labute approximate surface area is 139 Å². The maximum Gasteiger partial charge on any atom is 0.227 e. The third-order valence-corrected chi connectivity index (χ3v) is 4.23. The van der Waals surface area contributed by atoms with E-state index in [2.05, 4.69) is 10.3 Å². The third kappa shape index (κ3) is 3.27. The van der Waals surface area contributed by atoms with Crippen LogP contribution in [0.1, 0.15) is 17.5 Å². The number of hydrogen-bond donors (Lipinski definition) is 1. The van der Waals surface area contributed by atoms with Crippen LogP contribution in [-0.4, -0.2) is 23.3 Å². The molecule has 124 valence electrons. The molecule has 1 unspecified atom stereocenters. The van der Waals surface area contributed by atoms with Crippen molar-refractivity contribution in [2.45, 2.75) is 19.9 Å². The van der Waals surface area contributed by atoms with E-state index >= 15 is 0 Å². The van der Waals surface area contributed by atoms with E-state index in [1.807, 2.05) is 13.0 Å². The minimum atomic E-state index is -0.473. The summed E-state index contributed by atoms with van der Waals surface area (Å²) in [7, 11) is 0. The van der Waals surface area contributed by atoms with Crippen LogP contribution in [0.4, 0.5) is 10.1 Å².